The Balaban J connectivity index is 2.05. The monoisotopic (exact) mass is 353 g/mol. The maximum absolute atomic E-state index is 12.5. The molecule has 0 N–H and O–H groups in total. The summed E-state index contributed by atoms with van der Waals surface area (Å²) >= 11 is 3.54. The molecular formula is C16H20BrNO3. The van der Waals surface area contributed by atoms with Crippen molar-refractivity contribution >= 4 is 27.6 Å². The van der Waals surface area contributed by atoms with Crippen molar-refractivity contribution in [2.24, 2.45) is 5.41 Å². The number of fused-ring (bicyclic) bond motifs is 3. The third-order valence-electron chi connectivity index (χ3n) is 4.52. The lowest BCUT2D eigenvalue weighted by molar-refractivity contribution is -0.158. The number of ether oxygens (including phenoxy) is 2. The van der Waals surface area contributed by atoms with E-state index in [1.807, 2.05) is 19.9 Å². The molecule has 21 heavy (non-hydrogen) atoms. The van der Waals surface area contributed by atoms with Gasteiger partial charge in [-0.25, -0.2) is 0 Å². The van der Waals surface area contributed by atoms with Crippen LogP contribution in [0.1, 0.15) is 19.4 Å². The van der Waals surface area contributed by atoms with Gasteiger partial charge >= 0.3 is 5.97 Å². The quantitative estimate of drug-likeness (QED) is 0.766. The zero-order valence-electron chi connectivity index (χ0n) is 12.4. The summed E-state index contributed by atoms with van der Waals surface area (Å²) in [5.74, 6) is -0.126. The van der Waals surface area contributed by atoms with E-state index in [9.17, 15) is 4.79 Å². The number of hydrogen-bond donors (Lipinski definition) is 0. The first-order valence-electron chi connectivity index (χ1n) is 7.36. The summed E-state index contributed by atoms with van der Waals surface area (Å²) in [5.41, 5.74) is 1.85. The number of hydrogen-bond acceptors (Lipinski definition) is 4. The second-order valence-electron chi connectivity index (χ2n) is 5.87. The minimum Gasteiger partial charge on any atom is -0.466 e. The molecule has 0 radical (unpaired) electrons. The molecule has 1 aromatic carbocycles. The summed E-state index contributed by atoms with van der Waals surface area (Å²) in [6.07, 6.45) is 0.693. The molecule has 0 saturated carbocycles. The Morgan fingerprint density at radius 3 is 3.14 bits per heavy atom. The van der Waals surface area contributed by atoms with Crippen LogP contribution in [0.25, 0.3) is 0 Å². The van der Waals surface area contributed by atoms with Gasteiger partial charge in [-0.05, 0) is 38.0 Å². The Hall–Kier alpha value is -1.07. The van der Waals surface area contributed by atoms with Crippen molar-refractivity contribution in [2.45, 2.75) is 26.3 Å². The predicted octanol–water partition coefficient (Wildman–Crippen LogP) is 2.78. The first-order valence-corrected chi connectivity index (χ1v) is 8.15. The molecule has 1 fully saturated rings. The fourth-order valence-electron chi connectivity index (χ4n) is 3.39. The Bertz CT molecular complexity index is 562. The fraction of sp³-hybridized carbons (Fsp3) is 0.562. The van der Waals surface area contributed by atoms with Crippen LogP contribution in [0.5, 0.6) is 0 Å². The van der Waals surface area contributed by atoms with Crippen LogP contribution in [0.2, 0.25) is 0 Å². The largest absolute Gasteiger partial charge is 0.466 e. The molecule has 2 unspecified atom stereocenters. The van der Waals surface area contributed by atoms with Crippen molar-refractivity contribution in [3.05, 3.63) is 28.2 Å². The standard InChI is InChI=1S/C16H20BrNO3/c1-3-21-15(19)16(2)9-11-4-5-12(17)8-13(11)18-6-7-20-10-14(16)18/h4-5,8,14H,3,6-7,9-10H2,1-2H3. The predicted molar refractivity (Wildman–Crippen MR) is 84.5 cm³/mol. The van der Waals surface area contributed by atoms with Crippen molar-refractivity contribution in [1.82, 2.24) is 0 Å². The number of rotatable bonds is 2. The lowest BCUT2D eigenvalue weighted by Gasteiger charge is -2.50. The molecule has 1 saturated heterocycles. The first-order chi connectivity index (χ1) is 10.1. The van der Waals surface area contributed by atoms with Crippen molar-refractivity contribution < 1.29 is 14.3 Å². The number of morpholine rings is 1. The van der Waals surface area contributed by atoms with Crippen LogP contribution in [0, 0.1) is 5.41 Å². The van der Waals surface area contributed by atoms with Gasteiger partial charge in [0.05, 0.1) is 31.3 Å². The van der Waals surface area contributed by atoms with Crippen LogP contribution in [0.15, 0.2) is 22.7 Å². The van der Waals surface area contributed by atoms with Gasteiger partial charge < -0.3 is 14.4 Å². The van der Waals surface area contributed by atoms with E-state index in [-0.39, 0.29) is 12.0 Å². The number of benzene rings is 1. The molecule has 5 heteroatoms. The molecule has 0 bridgehead atoms. The van der Waals surface area contributed by atoms with Gasteiger partial charge in [-0.2, -0.15) is 0 Å². The number of esters is 1. The molecule has 4 nitrogen and oxygen atoms in total. The number of halogens is 1. The van der Waals surface area contributed by atoms with E-state index < -0.39 is 5.41 Å². The Labute approximate surface area is 133 Å². The number of carbonyl (C=O) groups excluding carboxylic acids is 1. The van der Waals surface area contributed by atoms with Gasteiger partial charge in [0, 0.05) is 16.7 Å². The minimum absolute atomic E-state index is 0.0344. The summed E-state index contributed by atoms with van der Waals surface area (Å²) in [5, 5.41) is 0. The van der Waals surface area contributed by atoms with Gasteiger partial charge in [0.2, 0.25) is 0 Å². The number of carbonyl (C=O) groups is 1. The van der Waals surface area contributed by atoms with E-state index in [4.69, 9.17) is 9.47 Å². The molecule has 0 spiro atoms. The van der Waals surface area contributed by atoms with Crippen molar-refractivity contribution in [2.75, 3.05) is 31.3 Å². The van der Waals surface area contributed by atoms with Crippen molar-refractivity contribution in [3.8, 4) is 0 Å². The van der Waals surface area contributed by atoms with Crippen LogP contribution >= 0.6 is 15.9 Å². The number of anilines is 1. The molecule has 0 aliphatic carbocycles. The molecule has 0 amide bonds. The van der Waals surface area contributed by atoms with E-state index >= 15 is 0 Å². The van der Waals surface area contributed by atoms with E-state index in [1.54, 1.807) is 0 Å². The molecule has 1 aromatic rings. The molecule has 114 valence electrons. The summed E-state index contributed by atoms with van der Waals surface area (Å²) in [7, 11) is 0. The lowest BCUT2D eigenvalue weighted by atomic mass is 9.72. The van der Waals surface area contributed by atoms with Gasteiger partial charge in [0.25, 0.3) is 0 Å². The third-order valence-corrected chi connectivity index (χ3v) is 5.01. The van der Waals surface area contributed by atoms with Gasteiger partial charge in [-0.1, -0.05) is 22.0 Å². The van der Waals surface area contributed by atoms with Gasteiger partial charge in [0.15, 0.2) is 0 Å². The molecule has 2 aliphatic heterocycles. The molecular weight excluding hydrogens is 334 g/mol. The highest BCUT2D eigenvalue weighted by molar-refractivity contribution is 9.10. The van der Waals surface area contributed by atoms with Gasteiger partial charge in [-0.15, -0.1) is 0 Å². The van der Waals surface area contributed by atoms with E-state index in [2.05, 4.69) is 33.0 Å². The summed E-state index contributed by atoms with van der Waals surface area (Å²) in [6.45, 7) is 6.34. The van der Waals surface area contributed by atoms with Crippen molar-refractivity contribution in [3.63, 3.8) is 0 Å². The second-order valence-corrected chi connectivity index (χ2v) is 6.79. The van der Waals surface area contributed by atoms with Crippen LogP contribution in [0.4, 0.5) is 5.69 Å². The lowest BCUT2D eigenvalue weighted by Crippen LogP contribution is -2.60. The smallest absolute Gasteiger partial charge is 0.314 e. The Kier molecular flexibility index (Phi) is 3.97. The molecule has 2 heterocycles. The topological polar surface area (TPSA) is 38.8 Å². The average molecular weight is 354 g/mol. The highest BCUT2D eigenvalue weighted by Crippen LogP contribution is 2.44. The molecule has 2 atom stereocenters. The van der Waals surface area contributed by atoms with Crippen molar-refractivity contribution in [1.29, 1.82) is 0 Å². The fourth-order valence-corrected chi connectivity index (χ4v) is 3.74. The van der Waals surface area contributed by atoms with Crippen LogP contribution < -0.4 is 4.90 Å². The summed E-state index contributed by atoms with van der Waals surface area (Å²) < 4.78 is 12.0. The zero-order chi connectivity index (χ0) is 15.0. The molecule has 3 rings (SSSR count). The first kappa shape index (κ1) is 14.9. The third kappa shape index (κ3) is 2.46. The normalized spacial score (nSPS) is 27.8. The Morgan fingerprint density at radius 2 is 2.38 bits per heavy atom. The van der Waals surface area contributed by atoms with Gasteiger partial charge in [0.1, 0.15) is 0 Å². The average Bonchev–Trinajstić information content (AvgIpc) is 2.49. The zero-order valence-corrected chi connectivity index (χ0v) is 14.0. The molecule has 0 aromatic heterocycles. The van der Waals surface area contributed by atoms with E-state index in [1.165, 1.54) is 11.3 Å². The van der Waals surface area contributed by atoms with E-state index in [0.717, 1.165) is 11.0 Å². The summed E-state index contributed by atoms with van der Waals surface area (Å²) in [4.78, 5) is 14.8. The van der Waals surface area contributed by atoms with Crippen LogP contribution in [0.3, 0.4) is 0 Å². The minimum atomic E-state index is -0.558. The second kappa shape index (κ2) is 5.61. The van der Waals surface area contributed by atoms with Crippen LogP contribution in [-0.4, -0.2) is 38.4 Å². The maximum atomic E-state index is 12.5. The highest BCUT2D eigenvalue weighted by Gasteiger charge is 2.50. The number of nitrogens with zero attached hydrogens (tertiary/aromatic N) is 1. The highest BCUT2D eigenvalue weighted by atomic mass is 79.9. The SMILES string of the molecule is CCOC(=O)C1(C)Cc2ccc(Br)cc2N2CCOCC21. The summed E-state index contributed by atoms with van der Waals surface area (Å²) in [6, 6.07) is 6.30. The maximum Gasteiger partial charge on any atom is 0.314 e. The Morgan fingerprint density at radius 1 is 1.57 bits per heavy atom. The molecule has 2 aliphatic rings. The van der Waals surface area contributed by atoms with Crippen LogP contribution in [-0.2, 0) is 20.7 Å². The van der Waals surface area contributed by atoms with Gasteiger partial charge in [-0.3, -0.25) is 4.79 Å². The van der Waals surface area contributed by atoms with E-state index in [0.29, 0.717) is 26.2 Å².